The van der Waals surface area contributed by atoms with E-state index in [-0.39, 0.29) is 0 Å². The Kier molecular flexibility index (Phi) is 2.13. The molecule has 2 nitrogen and oxygen atoms in total. The number of fused-ring (bicyclic) bond motifs is 1. The highest BCUT2D eigenvalue weighted by Gasteiger charge is 2.38. The lowest BCUT2D eigenvalue weighted by molar-refractivity contribution is 0.472. The molecule has 16 heavy (non-hydrogen) atoms. The molecule has 2 aliphatic rings. The topological polar surface area (TPSA) is 15.3 Å². The van der Waals surface area contributed by atoms with Crippen molar-refractivity contribution in [2.75, 3.05) is 23.8 Å². The van der Waals surface area contributed by atoms with Gasteiger partial charge in [0.05, 0.1) is 16.9 Å². The fourth-order valence-electron chi connectivity index (χ4n) is 3.28. The Hall–Kier alpha value is -1.18. The van der Waals surface area contributed by atoms with E-state index in [2.05, 4.69) is 42.4 Å². The molecule has 1 aromatic rings. The highest BCUT2D eigenvalue weighted by Crippen LogP contribution is 2.41. The molecule has 1 fully saturated rings. The third kappa shape index (κ3) is 1.48. The van der Waals surface area contributed by atoms with Crippen LogP contribution in [0.3, 0.4) is 0 Å². The fraction of sp³-hybridized carbons (Fsp3) is 0.571. The number of likely N-dealkylation sites (N-methyl/N-ethyl adjacent to an activating group) is 1. The van der Waals surface area contributed by atoms with E-state index in [1.54, 1.807) is 0 Å². The molecule has 86 valence electrons. The molecule has 1 aliphatic carbocycles. The first kappa shape index (κ1) is 10.0. The van der Waals surface area contributed by atoms with E-state index in [0.717, 1.165) is 6.54 Å². The van der Waals surface area contributed by atoms with Crippen molar-refractivity contribution in [3.05, 3.63) is 23.8 Å². The second-order valence-corrected chi connectivity index (χ2v) is 5.49. The van der Waals surface area contributed by atoms with Gasteiger partial charge >= 0.3 is 0 Å². The molecule has 0 unspecified atom stereocenters. The maximum atomic E-state index is 3.80. The highest BCUT2D eigenvalue weighted by molar-refractivity contribution is 5.74. The Morgan fingerprint density at radius 3 is 2.75 bits per heavy atom. The van der Waals surface area contributed by atoms with E-state index in [1.807, 2.05) is 0 Å². The molecular formula is C14H20N2. The molecule has 0 radical (unpaired) electrons. The van der Waals surface area contributed by atoms with Crippen molar-refractivity contribution in [1.82, 2.24) is 0 Å². The quantitative estimate of drug-likeness (QED) is 0.716. The van der Waals surface area contributed by atoms with Gasteiger partial charge in [-0.25, -0.2) is 0 Å². The summed E-state index contributed by atoms with van der Waals surface area (Å²) in [5, 5.41) is 3.80. The third-order valence-electron chi connectivity index (χ3n) is 4.06. The van der Waals surface area contributed by atoms with Crippen molar-refractivity contribution in [1.29, 1.82) is 0 Å². The zero-order chi connectivity index (χ0) is 11.2. The number of benzene rings is 1. The lowest BCUT2D eigenvalue weighted by Crippen LogP contribution is -2.49. The van der Waals surface area contributed by atoms with Crippen LogP contribution in [0.1, 0.15) is 31.2 Å². The van der Waals surface area contributed by atoms with Gasteiger partial charge in [0.2, 0.25) is 0 Å². The number of hydrogen-bond acceptors (Lipinski definition) is 2. The summed E-state index contributed by atoms with van der Waals surface area (Å²) in [6.45, 7) is 3.32. The van der Waals surface area contributed by atoms with Gasteiger partial charge in [-0.2, -0.15) is 0 Å². The van der Waals surface area contributed by atoms with Crippen LogP contribution in [0.2, 0.25) is 0 Å². The predicted molar refractivity (Wildman–Crippen MR) is 69.3 cm³/mol. The van der Waals surface area contributed by atoms with Crippen LogP contribution in [0.5, 0.6) is 0 Å². The largest absolute Gasteiger partial charge is 0.376 e. The first-order valence-electron chi connectivity index (χ1n) is 6.29. The maximum Gasteiger partial charge on any atom is 0.0600 e. The number of aryl methyl sites for hydroxylation is 1. The van der Waals surface area contributed by atoms with Gasteiger partial charge in [-0.1, -0.05) is 18.9 Å². The summed E-state index contributed by atoms with van der Waals surface area (Å²) in [7, 11) is 2.22. The van der Waals surface area contributed by atoms with E-state index >= 15 is 0 Å². The van der Waals surface area contributed by atoms with Crippen LogP contribution >= 0.6 is 0 Å². The maximum absolute atomic E-state index is 3.80. The molecular weight excluding hydrogens is 196 g/mol. The molecule has 2 heteroatoms. The van der Waals surface area contributed by atoms with Gasteiger partial charge in [0.15, 0.2) is 0 Å². The van der Waals surface area contributed by atoms with Crippen molar-refractivity contribution >= 4 is 11.4 Å². The molecule has 1 heterocycles. The zero-order valence-corrected chi connectivity index (χ0v) is 10.2. The average molecular weight is 216 g/mol. The van der Waals surface area contributed by atoms with E-state index in [9.17, 15) is 0 Å². The van der Waals surface area contributed by atoms with Gasteiger partial charge in [-0.05, 0) is 37.5 Å². The summed E-state index contributed by atoms with van der Waals surface area (Å²) in [5.41, 5.74) is 4.38. The molecule has 0 saturated heterocycles. The van der Waals surface area contributed by atoms with Crippen molar-refractivity contribution in [3.63, 3.8) is 0 Å². The summed E-state index contributed by atoms with van der Waals surface area (Å²) in [5.74, 6) is 0. The Morgan fingerprint density at radius 2 is 2.00 bits per heavy atom. The van der Waals surface area contributed by atoms with Crippen molar-refractivity contribution in [2.45, 2.75) is 38.1 Å². The zero-order valence-electron chi connectivity index (χ0n) is 10.2. The third-order valence-corrected chi connectivity index (χ3v) is 4.06. The number of nitrogens with one attached hydrogen (secondary N) is 1. The summed E-state index contributed by atoms with van der Waals surface area (Å²) in [6, 6.07) is 6.72. The molecule has 1 spiro atoms. The van der Waals surface area contributed by atoms with Crippen molar-refractivity contribution in [2.24, 2.45) is 0 Å². The second-order valence-electron chi connectivity index (χ2n) is 5.49. The van der Waals surface area contributed by atoms with Crippen molar-refractivity contribution < 1.29 is 0 Å². The molecule has 1 aliphatic heterocycles. The van der Waals surface area contributed by atoms with E-state index in [4.69, 9.17) is 0 Å². The molecule has 1 saturated carbocycles. The molecule has 0 atom stereocenters. The van der Waals surface area contributed by atoms with Crippen LogP contribution in [0.4, 0.5) is 11.4 Å². The lowest BCUT2D eigenvalue weighted by Gasteiger charge is -2.42. The van der Waals surface area contributed by atoms with Gasteiger partial charge in [0.25, 0.3) is 0 Å². The van der Waals surface area contributed by atoms with Crippen LogP contribution in [-0.2, 0) is 0 Å². The predicted octanol–water partition coefficient (Wildman–Crippen LogP) is 3.17. The minimum atomic E-state index is 0.357. The summed E-state index contributed by atoms with van der Waals surface area (Å²) in [4.78, 5) is 2.41. The Labute approximate surface area is 97.6 Å². The van der Waals surface area contributed by atoms with Gasteiger partial charge in [0, 0.05) is 13.6 Å². The van der Waals surface area contributed by atoms with E-state index in [1.165, 1.54) is 42.6 Å². The average Bonchev–Trinajstić information content (AvgIpc) is 2.65. The van der Waals surface area contributed by atoms with Crippen LogP contribution in [0.15, 0.2) is 18.2 Å². The summed E-state index contributed by atoms with van der Waals surface area (Å²) in [6.07, 6.45) is 5.40. The lowest BCUT2D eigenvalue weighted by atomic mass is 9.93. The molecule has 1 aromatic carbocycles. The Morgan fingerprint density at radius 1 is 1.25 bits per heavy atom. The Bertz CT molecular complexity index is 405. The normalized spacial score (nSPS) is 22.0. The van der Waals surface area contributed by atoms with Crippen LogP contribution in [0.25, 0.3) is 0 Å². The smallest absolute Gasteiger partial charge is 0.0600 e. The molecule has 0 aromatic heterocycles. The minimum absolute atomic E-state index is 0.357. The summed E-state index contributed by atoms with van der Waals surface area (Å²) >= 11 is 0. The van der Waals surface area contributed by atoms with E-state index in [0.29, 0.717) is 5.54 Å². The number of anilines is 2. The SMILES string of the molecule is Cc1ccc2c(c1)NC1(CCCC1)CN2C. The molecule has 3 rings (SSSR count). The second kappa shape index (κ2) is 3.41. The Balaban J connectivity index is 2.00. The van der Waals surface area contributed by atoms with Crippen LogP contribution in [-0.4, -0.2) is 19.1 Å². The monoisotopic (exact) mass is 216 g/mol. The summed E-state index contributed by atoms with van der Waals surface area (Å²) < 4.78 is 0. The molecule has 0 amide bonds. The number of nitrogens with zero attached hydrogens (tertiary/aromatic N) is 1. The van der Waals surface area contributed by atoms with E-state index < -0.39 is 0 Å². The number of rotatable bonds is 0. The first-order chi connectivity index (χ1) is 7.69. The molecule has 1 N–H and O–H groups in total. The van der Waals surface area contributed by atoms with Gasteiger partial charge in [-0.3, -0.25) is 0 Å². The van der Waals surface area contributed by atoms with Crippen LogP contribution < -0.4 is 10.2 Å². The number of hydrogen-bond donors (Lipinski definition) is 1. The van der Waals surface area contributed by atoms with Crippen molar-refractivity contribution in [3.8, 4) is 0 Å². The van der Waals surface area contributed by atoms with Crippen LogP contribution in [0, 0.1) is 6.92 Å². The van der Waals surface area contributed by atoms with Gasteiger partial charge in [-0.15, -0.1) is 0 Å². The molecule has 0 bridgehead atoms. The van der Waals surface area contributed by atoms with Gasteiger partial charge in [0.1, 0.15) is 0 Å². The standard InChI is InChI=1S/C14H20N2/c1-11-5-6-13-12(9-11)15-14(10-16(13)2)7-3-4-8-14/h5-6,9,15H,3-4,7-8,10H2,1-2H3. The fourth-order valence-corrected chi connectivity index (χ4v) is 3.28. The first-order valence-corrected chi connectivity index (χ1v) is 6.29. The highest BCUT2D eigenvalue weighted by atomic mass is 15.2. The minimum Gasteiger partial charge on any atom is -0.376 e. The van der Waals surface area contributed by atoms with Gasteiger partial charge < -0.3 is 10.2 Å².